The number of anilines is 1. The largest absolute Gasteiger partial charge is 0.379 e. The predicted octanol–water partition coefficient (Wildman–Crippen LogP) is 0.0535. The highest BCUT2D eigenvalue weighted by Crippen LogP contribution is 2.20. The molecule has 0 saturated carbocycles. The molecule has 1 aromatic heterocycles. The monoisotopic (exact) mass is 378 g/mol. The maximum atomic E-state index is 12.7. The van der Waals surface area contributed by atoms with Gasteiger partial charge in [0, 0.05) is 31.9 Å². The number of nitrogens with one attached hydrogen (secondary N) is 1. The Morgan fingerprint density at radius 2 is 1.92 bits per heavy atom. The van der Waals surface area contributed by atoms with Crippen LogP contribution in [0.2, 0.25) is 0 Å². The molecule has 10 heteroatoms. The second-order valence-corrected chi connectivity index (χ2v) is 7.62. The van der Waals surface area contributed by atoms with Crippen molar-refractivity contribution in [2.24, 2.45) is 7.05 Å². The van der Waals surface area contributed by atoms with Gasteiger partial charge in [0.05, 0.1) is 18.1 Å². The zero-order chi connectivity index (χ0) is 18.7. The van der Waals surface area contributed by atoms with Crippen LogP contribution in [0.1, 0.15) is 10.5 Å². The van der Waals surface area contributed by atoms with Gasteiger partial charge in [-0.1, -0.05) is 6.07 Å². The van der Waals surface area contributed by atoms with Gasteiger partial charge in [-0.3, -0.25) is 9.59 Å². The number of amides is 1. The summed E-state index contributed by atoms with van der Waals surface area (Å²) in [5.41, 5.74) is 0.0358. The number of hydrogen-bond acceptors (Lipinski definition) is 6. The van der Waals surface area contributed by atoms with Crippen molar-refractivity contribution in [3.8, 4) is 0 Å². The van der Waals surface area contributed by atoms with Crippen molar-refractivity contribution in [1.82, 2.24) is 14.1 Å². The molecule has 9 nitrogen and oxygen atoms in total. The number of nitrogens with zero attached hydrogens (tertiary/aromatic N) is 3. The lowest BCUT2D eigenvalue weighted by Crippen LogP contribution is -2.40. The molecule has 1 aliphatic rings. The van der Waals surface area contributed by atoms with Crippen LogP contribution in [0.3, 0.4) is 0 Å². The number of carbonyl (C=O) groups excluding carboxylic acids is 1. The van der Waals surface area contributed by atoms with E-state index in [4.69, 9.17) is 4.74 Å². The van der Waals surface area contributed by atoms with Gasteiger partial charge < -0.3 is 10.1 Å². The molecule has 3 rings (SSSR count). The summed E-state index contributed by atoms with van der Waals surface area (Å²) in [4.78, 5) is 23.7. The van der Waals surface area contributed by atoms with Crippen LogP contribution in [0.4, 0.5) is 5.69 Å². The summed E-state index contributed by atoms with van der Waals surface area (Å²) in [6.45, 7) is 1.30. The fourth-order valence-electron chi connectivity index (χ4n) is 2.49. The molecule has 0 spiro atoms. The average molecular weight is 378 g/mol. The van der Waals surface area contributed by atoms with Crippen LogP contribution in [-0.4, -0.2) is 54.7 Å². The molecule has 0 unspecified atom stereocenters. The minimum Gasteiger partial charge on any atom is -0.379 e. The van der Waals surface area contributed by atoms with Crippen molar-refractivity contribution in [3.63, 3.8) is 0 Å². The summed E-state index contributed by atoms with van der Waals surface area (Å²) in [7, 11) is -2.22. The third-order valence-electron chi connectivity index (χ3n) is 3.89. The molecule has 0 atom stereocenters. The second kappa shape index (κ2) is 7.36. The normalized spacial score (nSPS) is 15.6. The third-order valence-corrected chi connectivity index (χ3v) is 5.79. The Hall–Kier alpha value is -2.56. The van der Waals surface area contributed by atoms with E-state index in [1.54, 1.807) is 12.1 Å². The number of carbonyl (C=O) groups is 1. The molecular formula is C16H18N4O5S. The van der Waals surface area contributed by atoms with Crippen molar-refractivity contribution in [1.29, 1.82) is 0 Å². The van der Waals surface area contributed by atoms with Gasteiger partial charge >= 0.3 is 0 Å². The Morgan fingerprint density at radius 3 is 2.62 bits per heavy atom. The number of benzene rings is 1. The molecule has 1 N–H and O–H groups in total. The molecule has 1 amide bonds. The first-order chi connectivity index (χ1) is 12.4. The van der Waals surface area contributed by atoms with E-state index in [1.165, 1.54) is 35.6 Å². The molecule has 1 saturated heterocycles. The SMILES string of the molecule is Cn1nc(C(=O)Nc2cccc(S(=O)(=O)N3CCOCC3)c2)ccc1=O. The van der Waals surface area contributed by atoms with Crippen LogP contribution >= 0.6 is 0 Å². The van der Waals surface area contributed by atoms with Crippen LogP contribution in [0.15, 0.2) is 46.1 Å². The van der Waals surface area contributed by atoms with Gasteiger partial charge in [-0.15, -0.1) is 0 Å². The summed E-state index contributed by atoms with van der Waals surface area (Å²) >= 11 is 0. The minimum atomic E-state index is -3.66. The minimum absolute atomic E-state index is 0.0496. The van der Waals surface area contributed by atoms with E-state index >= 15 is 0 Å². The standard InChI is InChI=1S/C16H18N4O5S/c1-19-15(21)6-5-14(18-19)16(22)17-12-3-2-4-13(11-12)26(23,24)20-7-9-25-10-8-20/h2-6,11H,7-10H2,1H3,(H,17,22). The van der Waals surface area contributed by atoms with E-state index in [2.05, 4.69) is 10.4 Å². The number of sulfonamides is 1. The van der Waals surface area contributed by atoms with E-state index in [1.807, 2.05) is 0 Å². The van der Waals surface area contributed by atoms with Crippen LogP contribution in [0.5, 0.6) is 0 Å². The molecule has 0 radical (unpaired) electrons. The van der Waals surface area contributed by atoms with Gasteiger partial charge in [-0.2, -0.15) is 9.40 Å². The average Bonchev–Trinajstić information content (AvgIpc) is 2.65. The number of aryl methyl sites for hydroxylation is 1. The van der Waals surface area contributed by atoms with Crippen LogP contribution in [-0.2, 0) is 21.8 Å². The van der Waals surface area contributed by atoms with Crippen LogP contribution in [0, 0.1) is 0 Å². The summed E-state index contributed by atoms with van der Waals surface area (Å²) in [6, 6.07) is 8.55. The Bertz CT molecular complexity index is 980. The van der Waals surface area contributed by atoms with E-state index in [-0.39, 0.29) is 16.1 Å². The van der Waals surface area contributed by atoms with Crippen molar-refractivity contribution in [3.05, 3.63) is 52.4 Å². The van der Waals surface area contributed by atoms with E-state index in [0.29, 0.717) is 32.0 Å². The van der Waals surface area contributed by atoms with Gasteiger partial charge in [0.15, 0.2) is 0 Å². The number of ether oxygens (including phenoxy) is 1. The molecule has 26 heavy (non-hydrogen) atoms. The van der Waals surface area contributed by atoms with Crippen molar-refractivity contribution in [2.45, 2.75) is 4.90 Å². The van der Waals surface area contributed by atoms with E-state index in [0.717, 1.165) is 4.68 Å². The summed E-state index contributed by atoms with van der Waals surface area (Å²) in [5.74, 6) is -0.540. The first kappa shape index (κ1) is 18.2. The zero-order valence-electron chi connectivity index (χ0n) is 14.1. The second-order valence-electron chi connectivity index (χ2n) is 5.68. The van der Waals surface area contributed by atoms with E-state index in [9.17, 15) is 18.0 Å². The smallest absolute Gasteiger partial charge is 0.276 e. The van der Waals surface area contributed by atoms with Gasteiger partial charge in [-0.25, -0.2) is 13.1 Å². The molecule has 0 aliphatic carbocycles. The fourth-order valence-corrected chi connectivity index (χ4v) is 3.94. The predicted molar refractivity (Wildman–Crippen MR) is 93.5 cm³/mol. The van der Waals surface area contributed by atoms with Crippen molar-refractivity contribution < 1.29 is 17.9 Å². The number of morpholine rings is 1. The Morgan fingerprint density at radius 1 is 1.19 bits per heavy atom. The summed E-state index contributed by atoms with van der Waals surface area (Å²) in [5, 5.41) is 6.46. The number of aromatic nitrogens is 2. The number of hydrogen-bond donors (Lipinski definition) is 1. The lowest BCUT2D eigenvalue weighted by molar-refractivity contribution is 0.0730. The maximum Gasteiger partial charge on any atom is 0.276 e. The molecule has 138 valence electrons. The van der Waals surface area contributed by atoms with Crippen molar-refractivity contribution >= 4 is 21.6 Å². The molecule has 2 aromatic rings. The van der Waals surface area contributed by atoms with Gasteiger partial charge in [0.2, 0.25) is 10.0 Å². The van der Waals surface area contributed by atoms with Gasteiger partial charge in [0.1, 0.15) is 5.69 Å². The highest BCUT2D eigenvalue weighted by atomic mass is 32.2. The van der Waals surface area contributed by atoms with Gasteiger partial charge in [-0.05, 0) is 24.3 Å². The topological polar surface area (TPSA) is 111 Å². The van der Waals surface area contributed by atoms with Crippen molar-refractivity contribution in [2.75, 3.05) is 31.6 Å². The molecule has 1 aliphatic heterocycles. The van der Waals surface area contributed by atoms with Crippen LogP contribution in [0.25, 0.3) is 0 Å². The summed E-state index contributed by atoms with van der Waals surface area (Å²) < 4.78 is 33.0. The highest BCUT2D eigenvalue weighted by molar-refractivity contribution is 7.89. The van der Waals surface area contributed by atoms with Crippen LogP contribution < -0.4 is 10.9 Å². The molecule has 2 heterocycles. The zero-order valence-corrected chi connectivity index (χ0v) is 14.9. The quantitative estimate of drug-likeness (QED) is 0.805. The molecular weight excluding hydrogens is 360 g/mol. The summed E-state index contributed by atoms with van der Waals surface area (Å²) in [6.07, 6.45) is 0. The molecule has 1 fully saturated rings. The maximum absolute atomic E-state index is 12.7. The first-order valence-corrected chi connectivity index (χ1v) is 9.35. The molecule has 0 bridgehead atoms. The van der Waals surface area contributed by atoms with Gasteiger partial charge in [0.25, 0.3) is 11.5 Å². The highest BCUT2D eigenvalue weighted by Gasteiger charge is 2.26. The lowest BCUT2D eigenvalue weighted by atomic mass is 10.3. The van der Waals surface area contributed by atoms with E-state index < -0.39 is 15.9 Å². The molecule has 1 aromatic carbocycles. The Balaban J connectivity index is 1.81. The Kier molecular flexibility index (Phi) is 5.16. The fraction of sp³-hybridized carbons (Fsp3) is 0.312. The third kappa shape index (κ3) is 3.82. The first-order valence-electron chi connectivity index (χ1n) is 7.91. The Labute approximate surface area is 150 Å². The lowest BCUT2D eigenvalue weighted by Gasteiger charge is -2.26. The number of rotatable bonds is 4.